The van der Waals surface area contributed by atoms with E-state index in [-0.39, 0.29) is 15.6 Å². The van der Waals surface area contributed by atoms with Crippen LogP contribution in [0.4, 0.5) is 10.1 Å². The van der Waals surface area contributed by atoms with Gasteiger partial charge in [0.2, 0.25) is 0 Å². The minimum atomic E-state index is -3.81. The van der Waals surface area contributed by atoms with Gasteiger partial charge < -0.3 is 4.74 Å². The molecule has 4 nitrogen and oxygen atoms in total. The fraction of sp³-hybridized carbons (Fsp3) is 0.167. The molecule has 21 heavy (non-hydrogen) atoms. The average molecular weight is 415 g/mol. The fourth-order valence-electron chi connectivity index (χ4n) is 1.50. The first kappa shape index (κ1) is 16.5. The van der Waals surface area contributed by atoms with Crippen molar-refractivity contribution >= 4 is 54.6 Å². The summed E-state index contributed by atoms with van der Waals surface area (Å²) in [6.07, 6.45) is 0. The van der Waals surface area contributed by atoms with E-state index in [9.17, 15) is 12.8 Å². The second-order valence-electron chi connectivity index (χ2n) is 3.87. The molecule has 1 aromatic heterocycles. The highest BCUT2D eigenvalue weighted by molar-refractivity contribution is 9.11. The third kappa shape index (κ3) is 3.88. The summed E-state index contributed by atoms with van der Waals surface area (Å²) in [4.78, 5) is 0. The Kier molecular flexibility index (Phi) is 5.13. The van der Waals surface area contributed by atoms with E-state index in [1.807, 2.05) is 0 Å². The lowest BCUT2D eigenvalue weighted by Crippen LogP contribution is -2.11. The van der Waals surface area contributed by atoms with Gasteiger partial charge in [0.05, 0.1) is 21.1 Å². The summed E-state index contributed by atoms with van der Waals surface area (Å²) in [6, 6.07) is 5.18. The molecule has 114 valence electrons. The fourth-order valence-corrected chi connectivity index (χ4v) is 4.95. The molecule has 1 aromatic carbocycles. The second kappa shape index (κ2) is 6.51. The van der Waals surface area contributed by atoms with Crippen LogP contribution in [0, 0.1) is 5.82 Å². The Morgan fingerprint density at radius 2 is 2.14 bits per heavy atom. The summed E-state index contributed by atoms with van der Waals surface area (Å²) < 4.78 is 45.9. The van der Waals surface area contributed by atoms with E-state index >= 15 is 0 Å². The number of thiophene rings is 1. The van der Waals surface area contributed by atoms with Crippen LogP contribution in [0.15, 0.2) is 32.3 Å². The summed E-state index contributed by atoms with van der Waals surface area (Å²) >= 11 is 9.94. The van der Waals surface area contributed by atoms with Crippen LogP contribution >= 0.6 is 38.9 Å². The van der Waals surface area contributed by atoms with Crippen molar-refractivity contribution in [2.24, 2.45) is 0 Å². The monoisotopic (exact) mass is 413 g/mol. The second-order valence-corrected chi connectivity index (χ2v) is 8.56. The molecule has 1 heterocycles. The van der Waals surface area contributed by atoms with Crippen molar-refractivity contribution < 1.29 is 17.5 Å². The van der Waals surface area contributed by atoms with Crippen LogP contribution in [0.2, 0.25) is 5.02 Å². The molecule has 0 aliphatic heterocycles. The molecule has 9 heteroatoms. The van der Waals surface area contributed by atoms with Crippen LogP contribution in [0.3, 0.4) is 0 Å². The Balaban J connectivity index is 2.26. The first-order chi connectivity index (χ1) is 9.83. The van der Waals surface area contributed by atoms with E-state index in [2.05, 4.69) is 20.7 Å². The third-order valence-corrected chi connectivity index (χ3v) is 6.70. The van der Waals surface area contributed by atoms with Crippen molar-refractivity contribution in [1.82, 2.24) is 0 Å². The quantitative estimate of drug-likeness (QED) is 0.783. The number of hydrogen-bond acceptors (Lipinski definition) is 4. The van der Waals surface area contributed by atoms with Crippen LogP contribution < -0.4 is 9.46 Å². The molecule has 0 spiro atoms. The Morgan fingerprint density at radius 3 is 2.67 bits per heavy atom. The minimum absolute atomic E-state index is 0.0358. The standard InChI is InChI=1S/C12H10BrClFNO3S2/c1-2-19-10-4-3-7(5-9(10)15)16-21(17,18)11-6-8(14)12(13)20-11/h3-6,16H,2H2,1H3. The van der Waals surface area contributed by atoms with E-state index < -0.39 is 15.8 Å². The number of ether oxygens (including phenoxy) is 1. The number of halogens is 3. The third-order valence-electron chi connectivity index (χ3n) is 2.37. The average Bonchev–Trinajstić information content (AvgIpc) is 2.74. The maximum absolute atomic E-state index is 13.7. The van der Waals surface area contributed by atoms with Crippen molar-refractivity contribution in [2.75, 3.05) is 11.3 Å². The van der Waals surface area contributed by atoms with E-state index in [0.717, 1.165) is 17.4 Å². The molecular weight excluding hydrogens is 405 g/mol. The van der Waals surface area contributed by atoms with Crippen molar-refractivity contribution in [3.05, 3.63) is 38.9 Å². The zero-order valence-corrected chi connectivity index (χ0v) is 14.7. The maximum atomic E-state index is 13.7. The molecular formula is C12H10BrClFNO3S2. The van der Waals surface area contributed by atoms with E-state index in [4.69, 9.17) is 16.3 Å². The molecule has 0 amide bonds. The number of rotatable bonds is 5. The highest BCUT2D eigenvalue weighted by Gasteiger charge is 2.19. The molecule has 1 N–H and O–H groups in total. The van der Waals surface area contributed by atoms with Gasteiger partial charge in [0.1, 0.15) is 4.21 Å². The lowest BCUT2D eigenvalue weighted by molar-refractivity contribution is 0.321. The van der Waals surface area contributed by atoms with Gasteiger partial charge in [-0.3, -0.25) is 4.72 Å². The number of nitrogens with one attached hydrogen (secondary N) is 1. The van der Waals surface area contributed by atoms with Crippen LogP contribution in [0.25, 0.3) is 0 Å². The van der Waals surface area contributed by atoms with E-state index in [1.54, 1.807) is 6.92 Å². The molecule has 0 saturated carbocycles. The number of sulfonamides is 1. The largest absolute Gasteiger partial charge is 0.491 e. The molecule has 2 aromatic rings. The van der Waals surface area contributed by atoms with E-state index in [0.29, 0.717) is 15.4 Å². The number of hydrogen-bond donors (Lipinski definition) is 1. The summed E-state index contributed by atoms with van der Waals surface area (Å²) in [5.74, 6) is -0.565. The normalized spacial score (nSPS) is 11.4. The lowest BCUT2D eigenvalue weighted by Gasteiger charge is -2.09. The van der Waals surface area contributed by atoms with Gasteiger partial charge in [0.15, 0.2) is 11.6 Å². The van der Waals surface area contributed by atoms with Crippen LogP contribution in [0.5, 0.6) is 5.75 Å². The predicted octanol–water partition coefficient (Wildman–Crippen LogP) is 4.50. The topological polar surface area (TPSA) is 55.4 Å². The molecule has 2 rings (SSSR count). The van der Waals surface area contributed by atoms with Gasteiger partial charge >= 0.3 is 0 Å². The Hall–Kier alpha value is -0.830. The SMILES string of the molecule is CCOc1ccc(NS(=O)(=O)c2cc(Cl)c(Br)s2)cc1F. The predicted molar refractivity (Wildman–Crippen MR) is 85.4 cm³/mol. The zero-order valence-electron chi connectivity index (χ0n) is 10.7. The van der Waals surface area contributed by atoms with Gasteiger partial charge in [-0.05, 0) is 41.1 Å². The lowest BCUT2D eigenvalue weighted by atomic mass is 10.3. The first-order valence-corrected chi connectivity index (χ1v) is 9.20. The van der Waals surface area contributed by atoms with Gasteiger partial charge in [0.25, 0.3) is 10.0 Å². The van der Waals surface area contributed by atoms with Gasteiger partial charge in [-0.25, -0.2) is 12.8 Å². The molecule has 0 saturated heterocycles. The van der Waals surface area contributed by atoms with Crippen LogP contribution in [0.1, 0.15) is 6.92 Å². The van der Waals surface area contributed by atoms with Crippen molar-refractivity contribution in [3.63, 3.8) is 0 Å². The summed E-state index contributed by atoms with van der Waals surface area (Å²) in [7, 11) is -3.81. The maximum Gasteiger partial charge on any atom is 0.271 e. The molecule has 0 fully saturated rings. The molecule has 0 radical (unpaired) electrons. The van der Waals surface area contributed by atoms with E-state index in [1.165, 1.54) is 18.2 Å². The van der Waals surface area contributed by atoms with Gasteiger partial charge in [-0.2, -0.15) is 0 Å². The molecule has 0 aliphatic rings. The Morgan fingerprint density at radius 1 is 1.43 bits per heavy atom. The van der Waals surface area contributed by atoms with Gasteiger partial charge in [-0.15, -0.1) is 11.3 Å². The Bertz CT molecular complexity index is 744. The molecule has 0 atom stereocenters. The molecule has 0 bridgehead atoms. The first-order valence-electron chi connectivity index (χ1n) is 5.73. The highest BCUT2D eigenvalue weighted by atomic mass is 79.9. The zero-order chi connectivity index (χ0) is 15.6. The van der Waals surface area contributed by atoms with Crippen LogP contribution in [-0.2, 0) is 10.0 Å². The summed E-state index contributed by atoms with van der Waals surface area (Å²) in [5.41, 5.74) is 0.108. The highest BCUT2D eigenvalue weighted by Crippen LogP contribution is 2.35. The minimum Gasteiger partial charge on any atom is -0.491 e. The van der Waals surface area contributed by atoms with Gasteiger partial charge in [-0.1, -0.05) is 11.6 Å². The summed E-state index contributed by atoms with van der Waals surface area (Å²) in [5, 5.41) is 0.304. The number of anilines is 1. The Labute approximate surface area is 139 Å². The van der Waals surface area contributed by atoms with Crippen LogP contribution in [-0.4, -0.2) is 15.0 Å². The molecule has 0 aliphatic carbocycles. The van der Waals surface area contributed by atoms with Crippen molar-refractivity contribution in [3.8, 4) is 5.75 Å². The molecule has 0 unspecified atom stereocenters. The van der Waals surface area contributed by atoms with Crippen molar-refractivity contribution in [1.29, 1.82) is 0 Å². The van der Waals surface area contributed by atoms with Crippen molar-refractivity contribution in [2.45, 2.75) is 11.1 Å². The smallest absolute Gasteiger partial charge is 0.271 e. The number of benzene rings is 1. The van der Waals surface area contributed by atoms with Gasteiger partial charge in [0, 0.05) is 6.07 Å². The summed E-state index contributed by atoms with van der Waals surface area (Å²) in [6.45, 7) is 2.05.